The van der Waals surface area contributed by atoms with Crippen LogP contribution >= 0.6 is 0 Å². The van der Waals surface area contributed by atoms with Gasteiger partial charge in [-0.2, -0.15) is 8.78 Å². The maximum Gasteiger partial charge on any atom is 0.286 e. The molecule has 2 N–H and O–H groups in total. The predicted octanol–water partition coefficient (Wildman–Crippen LogP) is 4.37. The maximum atomic E-state index is 13.9. The first-order chi connectivity index (χ1) is 15.3. The number of alkyl halides is 2. The standard InChI is InChI=1S/C23H29F2N5O2/c1-14(13-32-3)28-22-27-12-20-18(16-8-9-26-21(10-16)23(2,24)25)11-19(30(20)29-22)15-4-6-17(31)7-5-15/h8-12,14-15,17,31H,4-7,13H2,1-3H3,(H,28,29)/t14-,15?,17?/m0/s1. The Balaban J connectivity index is 1.80. The van der Waals surface area contributed by atoms with E-state index in [9.17, 15) is 13.9 Å². The SMILES string of the molecule is COC[C@H](C)Nc1ncc2c(-c3ccnc(C(C)(F)F)c3)cc(C3CCC(O)CC3)n2n1. The number of nitrogens with zero attached hydrogens (tertiary/aromatic N) is 4. The van der Waals surface area contributed by atoms with Gasteiger partial charge >= 0.3 is 0 Å². The van der Waals surface area contributed by atoms with Crippen LogP contribution in [0.25, 0.3) is 16.6 Å². The molecule has 3 heterocycles. The van der Waals surface area contributed by atoms with Crippen LogP contribution in [0.5, 0.6) is 0 Å². The van der Waals surface area contributed by atoms with Gasteiger partial charge in [0, 0.05) is 43.4 Å². The molecule has 0 spiro atoms. The predicted molar refractivity (Wildman–Crippen MR) is 118 cm³/mol. The Kier molecular flexibility index (Phi) is 6.39. The van der Waals surface area contributed by atoms with E-state index in [4.69, 9.17) is 9.84 Å². The van der Waals surface area contributed by atoms with E-state index in [0.717, 1.165) is 49.4 Å². The van der Waals surface area contributed by atoms with E-state index >= 15 is 0 Å². The van der Waals surface area contributed by atoms with E-state index in [0.29, 0.717) is 18.1 Å². The summed E-state index contributed by atoms with van der Waals surface area (Å²) in [6.45, 7) is 3.33. The fraction of sp³-hybridized carbons (Fsp3) is 0.522. The lowest BCUT2D eigenvalue weighted by molar-refractivity contribution is 0.0128. The van der Waals surface area contributed by atoms with Crippen molar-refractivity contribution in [2.24, 2.45) is 0 Å². The molecule has 172 valence electrons. The largest absolute Gasteiger partial charge is 0.393 e. The minimum absolute atomic E-state index is 0.0234. The molecule has 3 aromatic heterocycles. The van der Waals surface area contributed by atoms with Crippen molar-refractivity contribution in [2.45, 2.75) is 63.5 Å². The molecule has 3 aromatic rings. The minimum atomic E-state index is -3.03. The molecule has 0 saturated heterocycles. The molecule has 0 aromatic carbocycles. The molecule has 1 saturated carbocycles. The van der Waals surface area contributed by atoms with Gasteiger partial charge in [0.1, 0.15) is 5.69 Å². The van der Waals surface area contributed by atoms with Gasteiger partial charge in [-0.3, -0.25) is 4.98 Å². The van der Waals surface area contributed by atoms with Gasteiger partial charge < -0.3 is 15.2 Å². The molecular weight excluding hydrogens is 416 g/mol. The van der Waals surface area contributed by atoms with Crippen molar-refractivity contribution < 1.29 is 18.6 Å². The minimum Gasteiger partial charge on any atom is -0.393 e. The van der Waals surface area contributed by atoms with E-state index in [2.05, 4.69) is 15.3 Å². The fourth-order valence-electron chi connectivity index (χ4n) is 4.32. The van der Waals surface area contributed by atoms with Crippen molar-refractivity contribution in [3.8, 4) is 11.1 Å². The van der Waals surface area contributed by atoms with Gasteiger partial charge in [0.2, 0.25) is 5.95 Å². The van der Waals surface area contributed by atoms with Crippen LogP contribution in [0.1, 0.15) is 56.8 Å². The number of aliphatic hydroxyl groups excluding tert-OH is 1. The Hall–Kier alpha value is -2.65. The van der Waals surface area contributed by atoms with E-state index in [-0.39, 0.29) is 23.8 Å². The van der Waals surface area contributed by atoms with E-state index < -0.39 is 5.92 Å². The van der Waals surface area contributed by atoms with Crippen molar-refractivity contribution in [1.82, 2.24) is 19.6 Å². The molecule has 4 rings (SSSR count). The number of nitrogens with one attached hydrogen (secondary N) is 1. The molecule has 0 bridgehead atoms. The summed E-state index contributed by atoms with van der Waals surface area (Å²) in [4.78, 5) is 8.30. The number of halogens is 2. The molecule has 1 aliphatic rings. The summed E-state index contributed by atoms with van der Waals surface area (Å²) < 4.78 is 34.8. The van der Waals surface area contributed by atoms with Crippen LogP contribution < -0.4 is 5.32 Å². The lowest BCUT2D eigenvalue weighted by Gasteiger charge is -2.25. The summed E-state index contributed by atoms with van der Waals surface area (Å²) in [5.74, 6) is -2.34. The molecule has 0 unspecified atom stereocenters. The highest BCUT2D eigenvalue weighted by molar-refractivity contribution is 5.81. The smallest absolute Gasteiger partial charge is 0.286 e. The average molecular weight is 446 g/mol. The van der Waals surface area contributed by atoms with Crippen molar-refractivity contribution in [3.05, 3.63) is 42.0 Å². The topological polar surface area (TPSA) is 84.6 Å². The second-order valence-corrected chi connectivity index (χ2v) is 8.69. The Morgan fingerprint density at radius 1 is 1.25 bits per heavy atom. The van der Waals surface area contributed by atoms with Crippen LogP contribution in [0.2, 0.25) is 0 Å². The monoisotopic (exact) mass is 445 g/mol. The van der Waals surface area contributed by atoms with E-state index in [1.54, 1.807) is 19.4 Å². The highest BCUT2D eigenvalue weighted by atomic mass is 19.3. The third-order valence-corrected chi connectivity index (χ3v) is 5.97. The zero-order valence-electron chi connectivity index (χ0n) is 18.6. The number of ether oxygens (including phenoxy) is 1. The van der Waals surface area contributed by atoms with Crippen LogP contribution in [-0.2, 0) is 10.7 Å². The van der Waals surface area contributed by atoms with Gasteiger partial charge in [-0.1, -0.05) is 0 Å². The molecule has 1 atom stereocenters. The van der Waals surface area contributed by atoms with Crippen molar-refractivity contribution >= 4 is 11.5 Å². The molecule has 1 aliphatic carbocycles. The normalized spacial score (nSPS) is 20.4. The summed E-state index contributed by atoms with van der Waals surface area (Å²) >= 11 is 0. The van der Waals surface area contributed by atoms with Gasteiger partial charge in [0.05, 0.1) is 24.4 Å². The summed E-state index contributed by atoms with van der Waals surface area (Å²) in [5.41, 5.74) is 2.90. The second kappa shape index (κ2) is 9.07. The van der Waals surface area contributed by atoms with Crippen molar-refractivity contribution in [1.29, 1.82) is 0 Å². The molecule has 7 nitrogen and oxygen atoms in total. The van der Waals surface area contributed by atoms with Crippen LogP contribution in [0.3, 0.4) is 0 Å². The van der Waals surface area contributed by atoms with E-state index in [1.807, 2.05) is 17.5 Å². The first-order valence-corrected chi connectivity index (χ1v) is 10.9. The molecular formula is C23H29F2N5O2. The molecule has 0 radical (unpaired) electrons. The zero-order valence-corrected chi connectivity index (χ0v) is 18.6. The number of pyridine rings is 1. The van der Waals surface area contributed by atoms with Gasteiger partial charge in [0.25, 0.3) is 5.92 Å². The Labute approximate surface area is 185 Å². The number of rotatable bonds is 7. The van der Waals surface area contributed by atoms with Crippen LogP contribution in [0.15, 0.2) is 30.6 Å². The molecule has 9 heteroatoms. The van der Waals surface area contributed by atoms with E-state index in [1.165, 1.54) is 12.3 Å². The number of anilines is 1. The first-order valence-electron chi connectivity index (χ1n) is 10.9. The van der Waals surface area contributed by atoms with Crippen LogP contribution in [-0.4, -0.2) is 50.6 Å². The highest BCUT2D eigenvalue weighted by Crippen LogP contribution is 2.38. The zero-order chi connectivity index (χ0) is 22.9. The molecule has 0 amide bonds. The fourth-order valence-corrected chi connectivity index (χ4v) is 4.32. The lowest BCUT2D eigenvalue weighted by Crippen LogP contribution is -2.23. The molecule has 0 aliphatic heterocycles. The molecule has 32 heavy (non-hydrogen) atoms. The van der Waals surface area contributed by atoms with Crippen molar-refractivity contribution in [3.63, 3.8) is 0 Å². The Morgan fingerprint density at radius 2 is 2.00 bits per heavy atom. The number of fused-ring (bicyclic) bond motifs is 1. The number of methoxy groups -OCH3 is 1. The third kappa shape index (κ3) is 4.73. The first kappa shape index (κ1) is 22.5. The summed E-state index contributed by atoms with van der Waals surface area (Å²) in [6.07, 6.45) is 6.00. The van der Waals surface area contributed by atoms with Gasteiger partial charge in [-0.05, 0) is 56.4 Å². The lowest BCUT2D eigenvalue weighted by atomic mass is 9.85. The maximum absolute atomic E-state index is 13.9. The number of hydrogen-bond donors (Lipinski definition) is 2. The average Bonchev–Trinajstić information content (AvgIpc) is 3.13. The molecule has 1 fully saturated rings. The van der Waals surface area contributed by atoms with Crippen LogP contribution in [0, 0.1) is 0 Å². The highest BCUT2D eigenvalue weighted by Gasteiger charge is 2.28. The van der Waals surface area contributed by atoms with Gasteiger partial charge in [-0.15, -0.1) is 5.10 Å². The van der Waals surface area contributed by atoms with Crippen LogP contribution in [0.4, 0.5) is 14.7 Å². The quantitative estimate of drug-likeness (QED) is 0.562. The van der Waals surface area contributed by atoms with Gasteiger partial charge in [-0.25, -0.2) is 9.50 Å². The summed E-state index contributed by atoms with van der Waals surface area (Å²) in [6, 6.07) is 5.19. The Bertz CT molecular complexity index is 1070. The second-order valence-electron chi connectivity index (χ2n) is 8.69. The summed E-state index contributed by atoms with van der Waals surface area (Å²) in [7, 11) is 1.64. The number of aromatic nitrogens is 4. The Morgan fingerprint density at radius 3 is 2.69 bits per heavy atom. The number of aliphatic hydroxyl groups is 1. The third-order valence-electron chi connectivity index (χ3n) is 5.97. The number of hydrogen-bond acceptors (Lipinski definition) is 6. The summed E-state index contributed by atoms with van der Waals surface area (Å²) in [5, 5.41) is 17.9. The van der Waals surface area contributed by atoms with Gasteiger partial charge in [0.15, 0.2) is 0 Å². The van der Waals surface area contributed by atoms with Crippen molar-refractivity contribution in [2.75, 3.05) is 19.0 Å².